The van der Waals surface area contributed by atoms with Crippen LogP contribution in [0.5, 0.6) is 0 Å². The Morgan fingerprint density at radius 3 is 2.68 bits per heavy atom. The third-order valence-corrected chi connectivity index (χ3v) is 5.46. The summed E-state index contributed by atoms with van der Waals surface area (Å²) in [5.74, 6) is -1.10. The van der Waals surface area contributed by atoms with E-state index in [9.17, 15) is 18.3 Å². The highest BCUT2D eigenvalue weighted by atomic mass is 32.2. The summed E-state index contributed by atoms with van der Waals surface area (Å²) in [4.78, 5) is 17.5. The van der Waals surface area contributed by atoms with Gasteiger partial charge in [-0.25, -0.2) is 8.42 Å². The number of benzene rings is 1. The number of nitrogens with one attached hydrogen (secondary N) is 1. The quantitative estimate of drug-likeness (QED) is 0.442. The second-order valence-corrected chi connectivity index (χ2v) is 7.90. The van der Waals surface area contributed by atoms with Gasteiger partial charge in [0.15, 0.2) is 9.84 Å². The van der Waals surface area contributed by atoms with Gasteiger partial charge in [0.2, 0.25) is 0 Å². The molecule has 0 spiro atoms. The van der Waals surface area contributed by atoms with Crippen molar-refractivity contribution >= 4 is 21.4 Å². The van der Waals surface area contributed by atoms with Crippen LogP contribution < -0.4 is 5.32 Å². The molecule has 0 aromatic heterocycles. The van der Waals surface area contributed by atoms with Gasteiger partial charge < -0.3 is 10.4 Å². The van der Waals surface area contributed by atoms with E-state index in [4.69, 9.17) is 11.1 Å². The van der Waals surface area contributed by atoms with Crippen LogP contribution in [0.15, 0.2) is 28.4 Å². The van der Waals surface area contributed by atoms with Gasteiger partial charge in [-0.1, -0.05) is 10.2 Å². The van der Waals surface area contributed by atoms with E-state index < -0.39 is 27.1 Å². The van der Waals surface area contributed by atoms with Gasteiger partial charge in [0.05, 0.1) is 23.7 Å². The Kier molecular flexibility index (Phi) is 5.50. The highest BCUT2D eigenvalue weighted by molar-refractivity contribution is 7.91. The summed E-state index contributed by atoms with van der Waals surface area (Å²) in [5, 5.41) is 19.5. The lowest BCUT2D eigenvalue weighted by Crippen LogP contribution is -2.43. The van der Waals surface area contributed by atoms with Crippen LogP contribution in [0.2, 0.25) is 0 Å². The van der Waals surface area contributed by atoms with E-state index >= 15 is 0 Å². The molecule has 25 heavy (non-hydrogen) atoms. The summed E-state index contributed by atoms with van der Waals surface area (Å²) in [6.45, 7) is -0.254. The van der Waals surface area contributed by atoms with Crippen molar-refractivity contribution in [2.45, 2.75) is 18.6 Å². The summed E-state index contributed by atoms with van der Waals surface area (Å²) in [6.07, 6.45) is 0.0521. The lowest BCUT2D eigenvalue weighted by Gasteiger charge is -2.21. The summed E-state index contributed by atoms with van der Waals surface area (Å²) in [5.41, 5.74) is 16.2. The number of hydrogen-bond donors (Lipinski definition) is 2. The van der Waals surface area contributed by atoms with Gasteiger partial charge in [-0.3, -0.25) is 4.79 Å². The Bertz CT molecular complexity index is 888. The molecule has 1 heterocycles. The molecule has 1 atom stereocenters. The highest BCUT2D eigenvalue weighted by Crippen LogP contribution is 2.23. The molecule has 2 N–H and O–H groups in total. The third kappa shape index (κ3) is 5.10. The highest BCUT2D eigenvalue weighted by Gasteiger charge is 2.40. The Morgan fingerprint density at radius 2 is 2.08 bits per heavy atom. The van der Waals surface area contributed by atoms with E-state index in [-0.39, 0.29) is 36.5 Å². The zero-order valence-electron chi connectivity index (χ0n) is 13.0. The average Bonchev–Trinajstić information content (AvgIpc) is 2.84. The standard InChI is InChI=1S/C13H15N7O4S/c14-19-17-6-9-3-10(5-11(4-9)18-20-15)12(21)16-7-13(22)1-2-25(23,24)8-13/h3-5,22H,1-2,6-8H2,(H,16,21). The van der Waals surface area contributed by atoms with Crippen LogP contribution in [-0.4, -0.2) is 43.1 Å². The molecule has 1 fully saturated rings. The molecule has 1 aromatic carbocycles. The fourth-order valence-electron chi connectivity index (χ4n) is 2.50. The predicted octanol–water partition coefficient (Wildman–Crippen LogP) is 1.72. The number of amides is 1. The van der Waals surface area contributed by atoms with Crippen LogP contribution in [0.1, 0.15) is 22.3 Å². The number of nitrogens with zero attached hydrogens (tertiary/aromatic N) is 6. The van der Waals surface area contributed by atoms with E-state index in [1.54, 1.807) is 0 Å². The fourth-order valence-corrected chi connectivity index (χ4v) is 4.40. The molecular weight excluding hydrogens is 350 g/mol. The van der Waals surface area contributed by atoms with Gasteiger partial charge in [-0.05, 0) is 41.2 Å². The normalized spacial score (nSPS) is 21.0. The van der Waals surface area contributed by atoms with Gasteiger partial charge >= 0.3 is 0 Å². The van der Waals surface area contributed by atoms with Gasteiger partial charge in [-0.2, -0.15) is 0 Å². The minimum Gasteiger partial charge on any atom is -0.387 e. The second-order valence-electron chi connectivity index (χ2n) is 5.72. The number of hydrogen-bond acceptors (Lipinski definition) is 6. The first kappa shape index (κ1) is 18.6. The molecule has 1 aliphatic rings. The molecule has 0 aliphatic carbocycles. The molecule has 1 amide bonds. The Balaban J connectivity index is 2.16. The van der Waals surface area contributed by atoms with E-state index in [2.05, 4.69) is 25.4 Å². The second kappa shape index (κ2) is 7.41. The number of carbonyl (C=O) groups excluding carboxylic acids is 1. The largest absolute Gasteiger partial charge is 0.387 e. The molecule has 11 nitrogen and oxygen atoms in total. The maximum Gasteiger partial charge on any atom is 0.251 e. The number of rotatable bonds is 6. The first-order valence-corrected chi connectivity index (χ1v) is 9.00. The summed E-state index contributed by atoms with van der Waals surface area (Å²) >= 11 is 0. The first-order valence-electron chi connectivity index (χ1n) is 7.18. The lowest BCUT2D eigenvalue weighted by molar-refractivity contribution is 0.0609. The molecule has 1 aromatic rings. The van der Waals surface area contributed by atoms with Crippen molar-refractivity contribution in [2.75, 3.05) is 18.1 Å². The smallest absolute Gasteiger partial charge is 0.251 e. The Hall–Kier alpha value is -2.78. The third-order valence-electron chi connectivity index (χ3n) is 3.66. The van der Waals surface area contributed by atoms with Crippen LogP contribution in [0.3, 0.4) is 0 Å². The number of aliphatic hydroxyl groups is 1. The van der Waals surface area contributed by atoms with Gasteiger partial charge in [0.1, 0.15) is 0 Å². The minimum atomic E-state index is -3.30. The van der Waals surface area contributed by atoms with Crippen molar-refractivity contribution in [3.8, 4) is 0 Å². The Morgan fingerprint density at radius 1 is 1.32 bits per heavy atom. The van der Waals surface area contributed by atoms with Crippen molar-refractivity contribution < 1.29 is 18.3 Å². The van der Waals surface area contributed by atoms with E-state index in [1.165, 1.54) is 18.2 Å². The topological polar surface area (TPSA) is 181 Å². The van der Waals surface area contributed by atoms with Crippen molar-refractivity contribution in [1.82, 2.24) is 5.32 Å². The van der Waals surface area contributed by atoms with E-state index in [1.807, 2.05) is 0 Å². The zero-order valence-corrected chi connectivity index (χ0v) is 13.8. The van der Waals surface area contributed by atoms with Crippen molar-refractivity contribution in [1.29, 1.82) is 0 Å². The number of carbonyl (C=O) groups is 1. The molecule has 1 aliphatic heterocycles. The molecule has 1 unspecified atom stereocenters. The van der Waals surface area contributed by atoms with Crippen molar-refractivity contribution in [2.24, 2.45) is 10.2 Å². The molecule has 0 radical (unpaired) electrons. The van der Waals surface area contributed by atoms with Gasteiger partial charge in [0, 0.05) is 27.6 Å². The van der Waals surface area contributed by atoms with Crippen LogP contribution >= 0.6 is 0 Å². The van der Waals surface area contributed by atoms with Crippen LogP contribution in [0, 0.1) is 0 Å². The summed E-state index contributed by atoms with van der Waals surface area (Å²) in [7, 11) is -3.30. The molecule has 12 heteroatoms. The number of azide groups is 2. The fraction of sp³-hybridized carbons (Fsp3) is 0.462. The maximum atomic E-state index is 12.3. The number of sulfone groups is 1. The molecule has 0 bridgehead atoms. The Labute approximate surface area is 142 Å². The average molecular weight is 365 g/mol. The summed E-state index contributed by atoms with van der Waals surface area (Å²) in [6, 6.07) is 4.27. The van der Waals surface area contributed by atoms with Crippen molar-refractivity contribution in [3.63, 3.8) is 0 Å². The van der Waals surface area contributed by atoms with Gasteiger partial charge in [-0.15, -0.1) is 0 Å². The predicted molar refractivity (Wildman–Crippen MR) is 88.7 cm³/mol. The maximum absolute atomic E-state index is 12.3. The van der Waals surface area contributed by atoms with Crippen LogP contribution in [0.4, 0.5) is 5.69 Å². The monoisotopic (exact) mass is 365 g/mol. The van der Waals surface area contributed by atoms with E-state index in [0.29, 0.717) is 5.56 Å². The molecule has 132 valence electrons. The summed E-state index contributed by atoms with van der Waals surface area (Å²) < 4.78 is 22.9. The molecule has 2 rings (SSSR count). The van der Waals surface area contributed by atoms with E-state index in [0.717, 1.165) is 0 Å². The molecule has 0 saturated carbocycles. The SMILES string of the molecule is [N-]=[N+]=NCc1cc(N=[N+]=[N-])cc(C(=O)NCC2(O)CCS(=O)(=O)C2)c1. The van der Waals surface area contributed by atoms with Gasteiger partial charge in [0.25, 0.3) is 5.91 Å². The lowest BCUT2D eigenvalue weighted by atomic mass is 10.0. The molecular formula is C13H15N7O4S. The molecule has 1 saturated heterocycles. The minimum absolute atomic E-state index is 0.0340. The zero-order chi connectivity index (χ0) is 18.5. The van der Waals surface area contributed by atoms with Crippen LogP contribution in [-0.2, 0) is 16.4 Å². The van der Waals surface area contributed by atoms with Crippen LogP contribution in [0.25, 0.3) is 20.9 Å². The van der Waals surface area contributed by atoms with Crippen molar-refractivity contribution in [3.05, 3.63) is 50.2 Å². The first-order chi connectivity index (χ1) is 11.8.